The van der Waals surface area contributed by atoms with Crippen LogP contribution in [0.5, 0.6) is 0 Å². The first-order valence-electron chi connectivity index (χ1n) is 12.7. The van der Waals surface area contributed by atoms with Crippen LogP contribution in [0.1, 0.15) is 75.8 Å². The largest absolute Gasteiger partial charge is 0.337 e. The second kappa shape index (κ2) is 14.0. The molecule has 5 heteroatoms. The number of aryl methyl sites for hydroxylation is 1. The summed E-state index contributed by atoms with van der Waals surface area (Å²) < 4.78 is 0. The molecule has 3 aromatic rings. The van der Waals surface area contributed by atoms with E-state index in [1.807, 2.05) is 30.0 Å². The molecule has 0 spiro atoms. The Morgan fingerprint density at radius 3 is 2.62 bits per heavy atom. The van der Waals surface area contributed by atoms with Crippen molar-refractivity contribution in [2.75, 3.05) is 17.6 Å². The van der Waals surface area contributed by atoms with E-state index in [1.165, 1.54) is 49.7 Å². The van der Waals surface area contributed by atoms with E-state index in [4.69, 9.17) is 0 Å². The lowest BCUT2D eigenvalue weighted by Gasteiger charge is -2.20. The van der Waals surface area contributed by atoms with Crippen LogP contribution in [0.25, 0.3) is 10.9 Å². The number of aromatic nitrogens is 1. The number of thioether (sulfide) groups is 1. The van der Waals surface area contributed by atoms with E-state index in [0.717, 1.165) is 33.7 Å². The number of hydrogen-bond acceptors (Lipinski definition) is 3. The van der Waals surface area contributed by atoms with Gasteiger partial charge in [0.15, 0.2) is 0 Å². The van der Waals surface area contributed by atoms with Crippen LogP contribution >= 0.6 is 11.8 Å². The molecule has 182 valence electrons. The van der Waals surface area contributed by atoms with Gasteiger partial charge in [-0.3, -0.25) is 4.98 Å². The van der Waals surface area contributed by atoms with Crippen LogP contribution in [-0.2, 0) is 0 Å². The number of pyridine rings is 1. The maximum absolute atomic E-state index is 13.1. The fourth-order valence-electron chi connectivity index (χ4n) is 4.24. The van der Waals surface area contributed by atoms with Gasteiger partial charge in [-0.15, -0.1) is 11.8 Å². The molecule has 0 aliphatic heterocycles. The van der Waals surface area contributed by atoms with Gasteiger partial charge in [0.2, 0.25) is 0 Å². The third-order valence-corrected chi connectivity index (χ3v) is 7.31. The fraction of sp³-hybridized carbons (Fsp3) is 0.448. The molecule has 2 aromatic carbocycles. The Morgan fingerprint density at radius 2 is 1.82 bits per heavy atom. The highest BCUT2D eigenvalue weighted by Gasteiger charge is 2.16. The number of urea groups is 1. The number of rotatable bonds is 13. The van der Waals surface area contributed by atoms with Crippen molar-refractivity contribution < 1.29 is 4.79 Å². The summed E-state index contributed by atoms with van der Waals surface area (Å²) in [4.78, 5) is 18.7. The lowest BCUT2D eigenvalue weighted by atomic mass is 9.92. The zero-order valence-corrected chi connectivity index (χ0v) is 21.7. The number of fused-ring (bicyclic) bond motifs is 1. The molecule has 0 aliphatic carbocycles. The molecule has 1 atom stereocenters. The standard InChI is InChI=1S/C29H39N3OS/c1-4-6-8-13-24(23-14-10-12-22(3)20-23)21-31-29(33)32-28-25-15-11-18-30-26(25)16-17-27(28)34-19-9-7-5-2/h10-12,14-18,20,24H,4-9,13,19,21H2,1-3H3,(H2,31,32,33). The Bertz CT molecular complexity index is 1050. The molecule has 1 heterocycles. The predicted molar refractivity (Wildman–Crippen MR) is 147 cm³/mol. The fourth-order valence-corrected chi connectivity index (χ4v) is 5.28. The molecule has 34 heavy (non-hydrogen) atoms. The molecular formula is C29H39N3OS. The van der Waals surface area contributed by atoms with Gasteiger partial charge in [0.1, 0.15) is 0 Å². The van der Waals surface area contributed by atoms with Gasteiger partial charge in [0, 0.05) is 28.9 Å². The van der Waals surface area contributed by atoms with Gasteiger partial charge in [-0.1, -0.05) is 75.8 Å². The van der Waals surface area contributed by atoms with Crippen molar-refractivity contribution in [1.29, 1.82) is 0 Å². The lowest BCUT2D eigenvalue weighted by molar-refractivity contribution is 0.251. The van der Waals surface area contributed by atoms with E-state index in [1.54, 1.807) is 6.20 Å². The number of amides is 2. The number of nitrogens with zero attached hydrogens (tertiary/aromatic N) is 1. The van der Waals surface area contributed by atoms with E-state index in [-0.39, 0.29) is 6.03 Å². The second-order valence-corrected chi connectivity index (χ2v) is 10.1. The highest BCUT2D eigenvalue weighted by molar-refractivity contribution is 7.99. The number of anilines is 1. The van der Waals surface area contributed by atoms with Gasteiger partial charge >= 0.3 is 6.03 Å². The molecule has 2 amide bonds. The molecule has 3 rings (SSSR count). The summed E-state index contributed by atoms with van der Waals surface area (Å²) in [6, 6.07) is 16.6. The van der Waals surface area contributed by atoms with Crippen molar-refractivity contribution >= 4 is 34.4 Å². The van der Waals surface area contributed by atoms with Crippen LogP contribution in [0.4, 0.5) is 10.5 Å². The molecule has 0 radical (unpaired) electrons. The maximum atomic E-state index is 13.1. The molecule has 0 saturated heterocycles. The summed E-state index contributed by atoms with van der Waals surface area (Å²) in [5, 5.41) is 7.32. The van der Waals surface area contributed by atoms with E-state index in [0.29, 0.717) is 12.5 Å². The highest BCUT2D eigenvalue weighted by Crippen LogP contribution is 2.34. The van der Waals surface area contributed by atoms with Crippen LogP contribution < -0.4 is 10.6 Å². The average Bonchev–Trinajstić information content (AvgIpc) is 2.85. The van der Waals surface area contributed by atoms with Gasteiger partial charge in [-0.25, -0.2) is 4.79 Å². The SMILES string of the molecule is CCCCCSc1ccc2ncccc2c1NC(=O)NCC(CCCCC)c1cccc(C)c1. The van der Waals surface area contributed by atoms with Gasteiger partial charge in [0.25, 0.3) is 0 Å². The minimum absolute atomic E-state index is 0.153. The number of unbranched alkanes of at least 4 members (excludes halogenated alkanes) is 4. The number of hydrogen-bond donors (Lipinski definition) is 2. The first-order chi connectivity index (χ1) is 16.6. The summed E-state index contributed by atoms with van der Waals surface area (Å²) in [7, 11) is 0. The van der Waals surface area contributed by atoms with Crippen molar-refractivity contribution in [3.05, 3.63) is 65.9 Å². The van der Waals surface area contributed by atoms with E-state index >= 15 is 0 Å². The summed E-state index contributed by atoms with van der Waals surface area (Å²) in [6.07, 6.45) is 10.1. The monoisotopic (exact) mass is 477 g/mol. The molecular weight excluding hydrogens is 438 g/mol. The topological polar surface area (TPSA) is 54.0 Å². The van der Waals surface area contributed by atoms with Crippen LogP contribution in [-0.4, -0.2) is 23.3 Å². The molecule has 0 fully saturated rings. The summed E-state index contributed by atoms with van der Waals surface area (Å²) in [5.41, 5.74) is 4.32. The lowest BCUT2D eigenvalue weighted by Crippen LogP contribution is -2.32. The molecule has 1 unspecified atom stereocenters. The number of carbonyl (C=O) groups is 1. The van der Waals surface area contributed by atoms with Crippen LogP contribution in [0.3, 0.4) is 0 Å². The number of benzene rings is 2. The second-order valence-electron chi connectivity index (χ2n) is 9.01. The average molecular weight is 478 g/mol. The molecule has 0 aliphatic rings. The first-order valence-corrected chi connectivity index (χ1v) is 13.7. The zero-order chi connectivity index (χ0) is 24.2. The Hall–Kier alpha value is -2.53. The summed E-state index contributed by atoms with van der Waals surface area (Å²) in [6.45, 7) is 7.20. The van der Waals surface area contributed by atoms with Crippen molar-refractivity contribution in [2.24, 2.45) is 0 Å². The van der Waals surface area contributed by atoms with E-state index in [9.17, 15) is 4.79 Å². The van der Waals surface area contributed by atoms with Crippen LogP contribution in [0.2, 0.25) is 0 Å². The first kappa shape index (κ1) is 26.1. The zero-order valence-electron chi connectivity index (χ0n) is 20.9. The maximum Gasteiger partial charge on any atom is 0.319 e. The Balaban J connectivity index is 1.72. The smallest absolute Gasteiger partial charge is 0.319 e. The molecule has 0 saturated carbocycles. The molecule has 4 nitrogen and oxygen atoms in total. The van der Waals surface area contributed by atoms with Crippen molar-refractivity contribution in [1.82, 2.24) is 10.3 Å². The van der Waals surface area contributed by atoms with E-state index in [2.05, 4.69) is 66.7 Å². The molecule has 0 bridgehead atoms. The quantitative estimate of drug-likeness (QED) is 0.192. The van der Waals surface area contributed by atoms with Gasteiger partial charge in [0.05, 0.1) is 11.2 Å². The van der Waals surface area contributed by atoms with Crippen LogP contribution in [0.15, 0.2) is 59.6 Å². The third-order valence-electron chi connectivity index (χ3n) is 6.17. The summed E-state index contributed by atoms with van der Waals surface area (Å²) >= 11 is 1.81. The van der Waals surface area contributed by atoms with Gasteiger partial charge in [-0.05, 0) is 55.3 Å². The molecule has 2 N–H and O–H groups in total. The third kappa shape index (κ3) is 7.76. The Morgan fingerprint density at radius 1 is 1.00 bits per heavy atom. The Labute approximate surface area is 209 Å². The highest BCUT2D eigenvalue weighted by atomic mass is 32.2. The number of carbonyl (C=O) groups excluding carboxylic acids is 1. The summed E-state index contributed by atoms with van der Waals surface area (Å²) in [5.74, 6) is 1.36. The Kier molecular flexibility index (Phi) is 10.7. The number of nitrogens with one attached hydrogen (secondary N) is 2. The predicted octanol–water partition coefficient (Wildman–Crippen LogP) is 8.31. The molecule has 1 aromatic heterocycles. The van der Waals surface area contributed by atoms with Crippen LogP contribution in [0, 0.1) is 6.92 Å². The van der Waals surface area contributed by atoms with Gasteiger partial charge < -0.3 is 10.6 Å². The van der Waals surface area contributed by atoms with E-state index < -0.39 is 0 Å². The van der Waals surface area contributed by atoms with Crippen molar-refractivity contribution in [2.45, 2.75) is 76.5 Å². The van der Waals surface area contributed by atoms with Gasteiger partial charge in [-0.2, -0.15) is 0 Å². The normalized spacial score (nSPS) is 12.0. The minimum atomic E-state index is -0.153. The van der Waals surface area contributed by atoms with Crippen molar-refractivity contribution in [3.8, 4) is 0 Å². The van der Waals surface area contributed by atoms with Crippen molar-refractivity contribution in [3.63, 3.8) is 0 Å². The minimum Gasteiger partial charge on any atom is -0.337 e.